The Morgan fingerprint density at radius 1 is 1.50 bits per heavy atom. The van der Waals surface area contributed by atoms with Crippen LogP contribution in [0.15, 0.2) is 6.20 Å². The first-order valence-corrected chi connectivity index (χ1v) is 7.98. The maximum absolute atomic E-state index is 12.6. The molecule has 2 amide bonds. The summed E-state index contributed by atoms with van der Waals surface area (Å²) in [6.45, 7) is 4.98. The monoisotopic (exact) mass is 293 g/mol. The fourth-order valence-corrected chi connectivity index (χ4v) is 3.89. The smallest absolute Gasteiger partial charge is 0.246 e. The molecule has 0 radical (unpaired) electrons. The molecule has 1 aromatic rings. The molecule has 5 nitrogen and oxygen atoms in total. The number of nitrogens with zero attached hydrogens (tertiary/aromatic N) is 3. The molecular weight excluding hydrogens is 274 g/mol. The maximum atomic E-state index is 12.6. The molecule has 0 spiro atoms. The van der Waals surface area contributed by atoms with Gasteiger partial charge in [-0.1, -0.05) is 6.92 Å². The molecule has 0 aliphatic carbocycles. The van der Waals surface area contributed by atoms with Gasteiger partial charge in [0.25, 0.3) is 0 Å². The summed E-state index contributed by atoms with van der Waals surface area (Å²) in [5, 5.41) is 0.925. The number of thiazole rings is 1. The molecule has 3 rings (SSSR count). The minimum Gasteiger partial charge on any atom is -0.329 e. The number of fused-ring (bicyclic) bond motifs is 1. The molecule has 0 bridgehead atoms. The summed E-state index contributed by atoms with van der Waals surface area (Å²) < 4.78 is 0. The zero-order chi connectivity index (χ0) is 14.3. The van der Waals surface area contributed by atoms with Crippen LogP contribution in [0.3, 0.4) is 0 Å². The van der Waals surface area contributed by atoms with E-state index in [1.165, 1.54) is 4.88 Å². The van der Waals surface area contributed by atoms with Crippen LogP contribution < -0.4 is 0 Å². The van der Waals surface area contributed by atoms with Gasteiger partial charge in [0.1, 0.15) is 17.6 Å². The van der Waals surface area contributed by atoms with Crippen molar-refractivity contribution in [2.75, 3.05) is 13.1 Å². The van der Waals surface area contributed by atoms with Crippen LogP contribution in [0.25, 0.3) is 0 Å². The molecule has 20 heavy (non-hydrogen) atoms. The van der Waals surface area contributed by atoms with E-state index in [0.717, 1.165) is 30.8 Å². The third kappa shape index (κ3) is 2.12. The van der Waals surface area contributed by atoms with Crippen molar-refractivity contribution in [1.29, 1.82) is 0 Å². The predicted octanol–water partition coefficient (Wildman–Crippen LogP) is 1.60. The molecule has 3 heterocycles. The van der Waals surface area contributed by atoms with Gasteiger partial charge in [0.05, 0.1) is 6.04 Å². The highest BCUT2D eigenvalue weighted by molar-refractivity contribution is 7.11. The van der Waals surface area contributed by atoms with Gasteiger partial charge in [0, 0.05) is 17.6 Å². The quantitative estimate of drug-likeness (QED) is 0.850. The van der Waals surface area contributed by atoms with Crippen LogP contribution in [-0.4, -0.2) is 45.7 Å². The topological polar surface area (TPSA) is 53.5 Å². The van der Waals surface area contributed by atoms with Gasteiger partial charge in [-0.15, -0.1) is 11.3 Å². The number of aromatic nitrogens is 1. The first kappa shape index (κ1) is 13.5. The van der Waals surface area contributed by atoms with Gasteiger partial charge >= 0.3 is 0 Å². The van der Waals surface area contributed by atoms with Crippen molar-refractivity contribution in [3.8, 4) is 0 Å². The average molecular weight is 293 g/mol. The van der Waals surface area contributed by atoms with Crippen molar-refractivity contribution >= 4 is 23.2 Å². The molecule has 2 aliphatic rings. The number of carbonyl (C=O) groups excluding carboxylic acids is 2. The Morgan fingerprint density at radius 3 is 3.00 bits per heavy atom. The van der Waals surface area contributed by atoms with Crippen LogP contribution >= 0.6 is 11.3 Å². The molecule has 2 fully saturated rings. The number of piperazine rings is 1. The molecule has 108 valence electrons. The van der Waals surface area contributed by atoms with Crippen LogP contribution in [-0.2, 0) is 16.0 Å². The second-order valence-corrected chi connectivity index (χ2v) is 6.55. The summed E-state index contributed by atoms with van der Waals surface area (Å²) >= 11 is 1.63. The first-order valence-electron chi connectivity index (χ1n) is 7.16. The third-order valence-electron chi connectivity index (χ3n) is 4.19. The van der Waals surface area contributed by atoms with Crippen LogP contribution in [0.4, 0.5) is 0 Å². The minimum absolute atomic E-state index is 0.0752. The van der Waals surface area contributed by atoms with Crippen molar-refractivity contribution in [1.82, 2.24) is 14.8 Å². The van der Waals surface area contributed by atoms with Gasteiger partial charge < -0.3 is 9.80 Å². The highest BCUT2D eigenvalue weighted by atomic mass is 32.1. The van der Waals surface area contributed by atoms with E-state index in [1.807, 2.05) is 13.1 Å². The Labute approximate surface area is 122 Å². The molecule has 1 aromatic heterocycles. The Kier molecular flexibility index (Phi) is 3.50. The number of hydrogen-bond donors (Lipinski definition) is 0. The van der Waals surface area contributed by atoms with E-state index in [-0.39, 0.29) is 30.4 Å². The zero-order valence-electron chi connectivity index (χ0n) is 11.8. The van der Waals surface area contributed by atoms with E-state index in [4.69, 9.17) is 0 Å². The number of aryl methyl sites for hydroxylation is 1. The molecule has 0 aromatic carbocycles. The normalized spacial score (nSPS) is 24.2. The maximum Gasteiger partial charge on any atom is 0.246 e. The molecule has 6 heteroatoms. The lowest BCUT2D eigenvalue weighted by molar-refractivity contribution is -0.155. The van der Waals surface area contributed by atoms with Crippen LogP contribution in [0.2, 0.25) is 0 Å². The molecule has 2 aliphatic heterocycles. The average Bonchev–Trinajstić information content (AvgIpc) is 3.10. The Hall–Kier alpha value is -1.43. The van der Waals surface area contributed by atoms with E-state index < -0.39 is 0 Å². The lowest BCUT2D eigenvalue weighted by Crippen LogP contribution is -2.57. The summed E-state index contributed by atoms with van der Waals surface area (Å²) in [4.78, 5) is 33.8. The number of hydrogen-bond acceptors (Lipinski definition) is 4. The number of carbonyl (C=O) groups is 2. The van der Waals surface area contributed by atoms with Gasteiger partial charge in [0.2, 0.25) is 11.8 Å². The summed E-state index contributed by atoms with van der Waals surface area (Å²) in [6.07, 6.45) is 4.55. The van der Waals surface area contributed by atoms with Crippen LogP contribution in [0.1, 0.15) is 42.6 Å². The predicted molar refractivity (Wildman–Crippen MR) is 76.4 cm³/mol. The van der Waals surface area contributed by atoms with Gasteiger partial charge in [0.15, 0.2) is 0 Å². The van der Waals surface area contributed by atoms with Gasteiger partial charge in [-0.25, -0.2) is 4.98 Å². The van der Waals surface area contributed by atoms with E-state index in [2.05, 4.69) is 11.9 Å². The number of amides is 2. The van der Waals surface area contributed by atoms with E-state index in [9.17, 15) is 9.59 Å². The Bertz CT molecular complexity index is 542. The summed E-state index contributed by atoms with van der Waals surface area (Å²) in [7, 11) is 0. The van der Waals surface area contributed by atoms with Gasteiger partial charge in [-0.2, -0.15) is 0 Å². The van der Waals surface area contributed by atoms with E-state index in [1.54, 1.807) is 21.1 Å². The summed E-state index contributed by atoms with van der Waals surface area (Å²) in [5.41, 5.74) is 0. The summed E-state index contributed by atoms with van der Waals surface area (Å²) in [5.74, 6) is 0.161. The van der Waals surface area contributed by atoms with Crippen LogP contribution in [0.5, 0.6) is 0 Å². The Balaban J connectivity index is 1.82. The van der Waals surface area contributed by atoms with Crippen molar-refractivity contribution in [2.45, 2.75) is 45.2 Å². The molecule has 0 N–H and O–H groups in total. The highest BCUT2D eigenvalue weighted by Crippen LogP contribution is 2.31. The second-order valence-electron chi connectivity index (χ2n) is 5.41. The van der Waals surface area contributed by atoms with E-state index >= 15 is 0 Å². The summed E-state index contributed by atoms with van der Waals surface area (Å²) in [6, 6.07) is -0.344. The highest BCUT2D eigenvalue weighted by Gasteiger charge is 2.43. The SMILES string of the molecule is CCc1cnc(C(C)N2CC(=O)N3CCCC3C2=O)s1. The Morgan fingerprint density at radius 2 is 2.30 bits per heavy atom. The molecular formula is C14H19N3O2S. The van der Waals surface area contributed by atoms with Crippen LogP contribution in [0, 0.1) is 0 Å². The first-order chi connectivity index (χ1) is 9.61. The number of rotatable bonds is 3. The lowest BCUT2D eigenvalue weighted by atomic mass is 10.1. The fraction of sp³-hybridized carbons (Fsp3) is 0.643. The fourth-order valence-electron chi connectivity index (χ4n) is 2.97. The lowest BCUT2D eigenvalue weighted by Gasteiger charge is -2.38. The minimum atomic E-state index is -0.232. The van der Waals surface area contributed by atoms with E-state index in [0.29, 0.717) is 0 Å². The van der Waals surface area contributed by atoms with Crippen molar-refractivity contribution < 1.29 is 9.59 Å². The standard InChI is InChI=1S/C14H19N3O2S/c1-3-10-7-15-13(20-10)9(2)17-8-12(18)16-6-4-5-11(16)14(17)19/h7,9,11H,3-6,8H2,1-2H3. The third-order valence-corrected chi connectivity index (χ3v) is 5.50. The van der Waals surface area contributed by atoms with Gasteiger partial charge in [-0.05, 0) is 26.2 Å². The largest absolute Gasteiger partial charge is 0.329 e. The van der Waals surface area contributed by atoms with Crippen molar-refractivity contribution in [3.63, 3.8) is 0 Å². The molecule has 0 saturated carbocycles. The van der Waals surface area contributed by atoms with Crippen molar-refractivity contribution in [2.24, 2.45) is 0 Å². The van der Waals surface area contributed by atoms with Gasteiger partial charge in [-0.3, -0.25) is 9.59 Å². The molecule has 2 unspecified atom stereocenters. The van der Waals surface area contributed by atoms with Crippen molar-refractivity contribution in [3.05, 3.63) is 16.1 Å². The zero-order valence-corrected chi connectivity index (χ0v) is 12.7. The molecule has 2 saturated heterocycles. The second kappa shape index (κ2) is 5.16. The molecule has 2 atom stereocenters.